The normalized spacial score (nSPS) is 10.5. The van der Waals surface area contributed by atoms with Crippen molar-refractivity contribution in [3.8, 4) is 22.9 Å². The summed E-state index contributed by atoms with van der Waals surface area (Å²) >= 11 is 17.4. The molecule has 9 nitrogen and oxygen atoms in total. The number of ether oxygens (including phenoxy) is 1. The van der Waals surface area contributed by atoms with E-state index in [1.807, 2.05) is 42.5 Å². The first kappa shape index (κ1) is 25.4. The number of carbonyl (C=O) groups is 1. The van der Waals surface area contributed by atoms with Gasteiger partial charge in [0.1, 0.15) is 18.0 Å². The Kier molecular flexibility index (Phi) is 8.66. The Balaban J connectivity index is 1.28. The summed E-state index contributed by atoms with van der Waals surface area (Å²) in [6, 6.07) is 21.7. The van der Waals surface area contributed by atoms with Crippen molar-refractivity contribution in [1.29, 1.82) is 0 Å². The summed E-state index contributed by atoms with van der Waals surface area (Å²) in [4.78, 5) is 13.5. The number of hydrogen-bond donors (Lipinski definition) is 3. The van der Waals surface area contributed by atoms with Crippen molar-refractivity contribution < 1.29 is 9.53 Å². The lowest BCUT2D eigenvalue weighted by Crippen LogP contribution is -2.38. The average Bonchev–Trinajstić information content (AvgIpc) is 3.32. The van der Waals surface area contributed by atoms with Gasteiger partial charge in [-0.1, -0.05) is 53.5 Å². The molecule has 3 N–H and O–H groups in total. The number of thiocarbonyl (C=S) groups is 1. The molecule has 0 saturated carbocycles. The molecule has 36 heavy (non-hydrogen) atoms. The van der Waals surface area contributed by atoms with Crippen LogP contribution in [0.15, 0.2) is 72.8 Å². The van der Waals surface area contributed by atoms with E-state index in [1.54, 1.807) is 30.3 Å². The molecule has 3 aromatic carbocycles. The molecule has 0 atom stereocenters. The van der Waals surface area contributed by atoms with E-state index in [1.165, 1.54) is 4.80 Å². The number of carbonyl (C=O) groups excluding carboxylic acids is 1. The second-order valence-corrected chi connectivity index (χ2v) is 8.67. The van der Waals surface area contributed by atoms with Gasteiger partial charge in [0.2, 0.25) is 11.7 Å². The predicted octanol–water partition coefficient (Wildman–Crippen LogP) is 4.54. The van der Waals surface area contributed by atoms with Crippen molar-refractivity contribution in [1.82, 2.24) is 30.8 Å². The third kappa shape index (κ3) is 7.14. The molecule has 184 valence electrons. The molecule has 0 aliphatic carbocycles. The van der Waals surface area contributed by atoms with Gasteiger partial charge in [-0.3, -0.25) is 4.79 Å². The van der Waals surface area contributed by atoms with E-state index in [2.05, 4.69) is 31.4 Å². The quantitative estimate of drug-likeness (QED) is 0.209. The van der Waals surface area contributed by atoms with Crippen LogP contribution in [0.25, 0.3) is 11.4 Å². The summed E-state index contributed by atoms with van der Waals surface area (Å²) < 4.78 is 5.95. The molecule has 1 aromatic heterocycles. The predicted molar refractivity (Wildman–Crippen MR) is 143 cm³/mol. The number of benzene rings is 3. The number of tetrazole rings is 1. The van der Waals surface area contributed by atoms with Gasteiger partial charge in [0.15, 0.2) is 5.11 Å². The van der Waals surface area contributed by atoms with Crippen molar-refractivity contribution in [3.05, 3.63) is 82.8 Å². The Morgan fingerprint density at radius 1 is 0.944 bits per heavy atom. The van der Waals surface area contributed by atoms with Gasteiger partial charge in [-0.25, -0.2) is 0 Å². The highest BCUT2D eigenvalue weighted by Crippen LogP contribution is 2.35. The Morgan fingerprint density at radius 2 is 1.69 bits per heavy atom. The minimum Gasteiger partial charge on any atom is -0.455 e. The molecule has 0 radical (unpaired) electrons. The van der Waals surface area contributed by atoms with Crippen molar-refractivity contribution in [2.45, 2.75) is 6.54 Å². The van der Waals surface area contributed by atoms with E-state index in [0.717, 1.165) is 5.69 Å². The maximum Gasteiger partial charge on any atom is 0.243 e. The first-order chi connectivity index (χ1) is 17.5. The number of rotatable bonds is 9. The second kappa shape index (κ2) is 12.3. The van der Waals surface area contributed by atoms with Crippen LogP contribution >= 0.6 is 35.4 Å². The third-order valence-corrected chi connectivity index (χ3v) is 5.52. The largest absolute Gasteiger partial charge is 0.455 e. The smallest absolute Gasteiger partial charge is 0.243 e. The molecule has 0 unspecified atom stereocenters. The molecule has 0 bridgehead atoms. The number of amides is 1. The van der Waals surface area contributed by atoms with Crippen LogP contribution in [0, 0.1) is 0 Å². The number of aromatic nitrogens is 4. The fraction of sp³-hybridized carbons (Fsp3) is 0.125. The van der Waals surface area contributed by atoms with Crippen LogP contribution in [0.5, 0.6) is 11.5 Å². The van der Waals surface area contributed by atoms with Crippen molar-refractivity contribution >= 4 is 52.1 Å². The molecule has 0 saturated heterocycles. The zero-order chi connectivity index (χ0) is 25.3. The number of halogens is 2. The summed E-state index contributed by atoms with van der Waals surface area (Å²) in [5, 5.41) is 22.6. The topological polar surface area (TPSA) is 106 Å². The standard InChI is InChI=1S/C24H21Cl2N7O2S/c25-16-10-11-21(19(26)14-16)35-20-9-5-4-8-18(20)23-30-32-33(31-23)15-22(34)27-12-13-28-24(36)29-17-6-2-1-3-7-17/h1-11,14H,12-13,15H2,(H,27,34)(H2,28,29,36). The van der Waals surface area contributed by atoms with Gasteiger partial charge < -0.3 is 20.7 Å². The Labute approximate surface area is 222 Å². The Morgan fingerprint density at radius 3 is 2.50 bits per heavy atom. The fourth-order valence-corrected chi connectivity index (χ4v) is 3.76. The van der Waals surface area contributed by atoms with Gasteiger partial charge in [0.05, 0.1) is 10.6 Å². The van der Waals surface area contributed by atoms with E-state index < -0.39 is 0 Å². The summed E-state index contributed by atoms with van der Waals surface area (Å²) in [5.74, 6) is 0.965. The highest BCUT2D eigenvalue weighted by molar-refractivity contribution is 7.80. The van der Waals surface area contributed by atoms with Gasteiger partial charge >= 0.3 is 0 Å². The van der Waals surface area contributed by atoms with Gasteiger partial charge in [0, 0.05) is 23.8 Å². The molecule has 0 aliphatic rings. The molecule has 0 spiro atoms. The van der Waals surface area contributed by atoms with Crippen molar-refractivity contribution in [3.63, 3.8) is 0 Å². The minimum atomic E-state index is -0.264. The van der Waals surface area contributed by atoms with E-state index in [-0.39, 0.29) is 12.5 Å². The number of para-hydroxylation sites is 2. The minimum absolute atomic E-state index is 0.0915. The number of anilines is 1. The van der Waals surface area contributed by atoms with Crippen LogP contribution in [0.3, 0.4) is 0 Å². The lowest BCUT2D eigenvalue weighted by molar-refractivity contribution is -0.122. The van der Waals surface area contributed by atoms with E-state index in [9.17, 15) is 4.79 Å². The van der Waals surface area contributed by atoms with E-state index >= 15 is 0 Å². The molecule has 0 aliphatic heterocycles. The fourth-order valence-electron chi connectivity index (χ4n) is 3.09. The van der Waals surface area contributed by atoms with Crippen LogP contribution in [0.2, 0.25) is 10.0 Å². The molecular formula is C24H21Cl2N7O2S. The number of hydrogen-bond acceptors (Lipinski definition) is 6. The summed E-state index contributed by atoms with van der Waals surface area (Å²) in [5.41, 5.74) is 1.48. The number of nitrogens with zero attached hydrogens (tertiary/aromatic N) is 4. The maximum atomic E-state index is 12.3. The second-order valence-electron chi connectivity index (χ2n) is 7.41. The van der Waals surface area contributed by atoms with Gasteiger partial charge in [-0.05, 0) is 59.9 Å². The number of nitrogens with one attached hydrogen (secondary N) is 3. The first-order valence-corrected chi connectivity index (χ1v) is 12.0. The van der Waals surface area contributed by atoms with Crippen LogP contribution in [0.1, 0.15) is 0 Å². The molecular weight excluding hydrogens is 521 g/mol. The molecule has 1 heterocycles. The van der Waals surface area contributed by atoms with Crippen molar-refractivity contribution in [2.24, 2.45) is 0 Å². The molecule has 4 rings (SSSR count). The van der Waals surface area contributed by atoms with E-state index in [4.69, 9.17) is 40.2 Å². The highest BCUT2D eigenvalue weighted by Gasteiger charge is 2.15. The van der Waals surface area contributed by atoms with Crippen LogP contribution in [-0.4, -0.2) is 44.3 Å². The van der Waals surface area contributed by atoms with Gasteiger partial charge in [-0.2, -0.15) is 4.80 Å². The summed E-state index contributed by atoms with van der Waals surface area (Å²) in [6.45, 7) is 0.736. The third-order valence-electron chi connectivity index (χ3n) is 4.74. The van der Waals surface area contributed by atoms with Crippen LogP contribution < -0.4 is 20.7 Å². The first-order valence-electron chi connectivity index (χ1n) is 10.8. The van der Waals surface area contributed by atoms with Crippen LogP contribution in [-0.2, 0) is 11.3 Å². The van der Waals surface area contributed by atoms with Crippen molar-refractivity contribution in [2.75, 3.05) is 18.4 Å². The lowest BCUT2D eigenvalue weighted by Gasteiger charge is -2.11. The zero-order valence-corrected chi connectivity index (χ0v) is 21.1. The Bertz CT molecular complexity index is 1350. The summed E-state index contributed by atoms with van der Waals surface area (Å²) in [7, 11) is 0. The van der Waals surface area contributed by atoms with Gasteiger partial charge in [0.25, 0.3) is 0 Å². The lowest BCUT2D eigenvalue weighted by atomic mass is 10.2. The molecule has 1 amide bonds. The molecule has 12 heteroatoms. The van der Waals surface area contributed by atoms with Gasteiger partial charge in [-0.15, -0.1) is 10.2 Å². The SMILES string of the molecule is O=C(Cn1nnc(-c2ccccc2Oc2ccc(Cl)cc2Cl)n1)NCCNC(=S)Nc1ccccc1. The average molecular weight is 542 g/mol. The Hall–Kier alpha value is -3.73. The van der Waals surface area contributed by atoms with E-state index in [0.29, 0.717) is 51.1 Å². The van der Waals surface area contributed by atoms with Crippen LogP contribution in [0.4, 0.5) is 5.69 Å². The summed E-state index contributed by atoms with van der Waals surface area (Å²) in [6.07, 6.45) is 0. The molecule has 0 fully saturated rings. The maximum absolute atomic E-state index is 12.3. The molecule has 4 aromatic rings. The highest BCUT2D eigenvalue weighted by atomic mass is 35.5. The zero-order valence-electron chi connectivity index (χ0n) is 18.8. The monoisotopic (exact) mass is 541 g/mol.